The second kappa shape index (κ2) is 8.51. The van der Waals surface area contributed by atoms with Crippen LogP contribution >= 0.6 is 0 Å². The zero-order valence-electron chi connectivity index (χ0n) is 11.3. The van der Waals surface area contributed by atoms with Gasteiger partial charge in [-0.2, -0.15) is 0 Å². The van der Waals surface area contributed by atoms with Gasteiger partial charge in [-0.15, -0.1) is 0 Å². The van der Waals surface area contributed by atoms with Crippen molar-refractivity contribution in [1.29, 1.82) is 0 Å². The predicted octanol–water partition coefficient (Wildman–Crippen LogP) is 2.75. The van der Waals surface area contributed by atoms with Crippen LogP contribution in [0.25, 0.3) is 0 Å². The van der Waals surface area contributed by atoms with Gasteiger partial charge in [0.15, 0.2) is 0 Å². The lowest BCUT2D eigenvalue weighted by atomic mass is 9.85. The Morgan fingerprint density at radius 2 is 2.29 bits per heavy atom. The maximum Gasteiger partial charge on any atom is 0.306 e. The van der Waals surface area contributed by atoms with Crippen molar-refractivity contribution in [3.63, 3.8) is 0 Å². The van der Waals surface area contributed by atoms with Crippen molar-refractivity contribution in [2.45, 2.75) is 52.4 Å². The Labute approximate surface area is 105 Å². The largest absolute Gasteiger partial charge is 0.466 e. The molecule has 0 aromatic rings. The van der Waals surface area contributed by atoms with Gasteiger partial charge in [0.2, 0.25) is 0 Å². The first-order chi connectivity index (χ1) is 8.24. The van der Waals surface area contributed by atoms with Crippen LogP contribution in [0.4, 0.5) is 0 Å². The summed E-state index contributed by atoms with van der Waals surface area (Å²) in [6.07, 6.45) is 6.38. The van der Waals surface area contributed by atoms with E-state index in [2.05, 4.69) is 19.2 Å². The maximum atomic E-state index is 11.6. The Hall–Kier alpha value is -0.570. The van der Waals surface area contributed by atoms with Gasteiger partial charge in [-0.25, -0.2) is 0 Å². The molecule has 0 aliphatic carbocycles. The first-order valence-corrected chi connectivity index (χ1v) is 7.10. The fraction of sp³-hybridized carbons (Fsp3) is 0.929. The van der Waals surface area contributed by atoms with E-state index >= 15 is 0 Å². The molecule has 0 aromatic carbocycles. The Morgan fingerprint density at radius 1 is 1.47 bits per heavy atom. The number of piperidine rings is 1. The molecule has 1 rings (SSSR count). The molecule has 1 heterocycles. The van der Waals surface area contributed by atoms with Crippen LogP contribution in [0, 0.1) is 11.8 Å². The van der Waals surface area contributed by atoms with Gasteiger partial charge in [-0.05, 0) is 44.2 Å². The summed E-state index contributed by atoms with van der Waals surface area (Å²) in [7, 11) is 0. The molecule has 3 nitrogen and oxygen atoms in total. The van der Waals surface area contributed by atoms with Gasteiger partial charge in [0.25, 0.3) is 0 Å². The van der Waals surface area contributed by atoms with Crippen molar-refractivity contribution in [2.24, 2.45) is 11.8 Å². The number of ether oxygens (including phenoxy) is 1. The smallest absolute Gasteiger partial charge is 0.306 e. The molecule has 1 aliphatic rings. The summed E-state index contributed by atoms with van der Waals surface area (Å²) in [5.41, 5.74) is 0. The van der Waals surface area contributed by atoms with E-state index in [-0.39, 0.29) is 5.97 Å². The molecule has 0 amide bonds. The van der Waals surface area contributed by atoms with Gasteiger partial charge in [0.1, 0.15) is 0 Å². The maximum absolute atomic E-state index is 11.6. The van der Waals surface area contributed by atoms with Crippen LogP contribution in [-0.2, 0) is 9.53 Å². The number of esters is 1. The molecule has 0 spiro atoms. The highest BCUT2D eigenvalue weighted by molar-refractivity contribution is 5.69. The lowest BCUT2D eigenvalue weighted by Gasteiger charge is -2.27. The highest BCUT2D eigenvalue weighted by atomic mass is 16.5. The standard InChI is InChI=1S/C14H27NO2/c1-3-4-5-9-17-14(16)10-12(2)13-7-6-8-15-11-13/h12-13,15H,3-11H2,1-2H3. The summed E-state index contributed by atoms with van der Waals surface area (Å²) in [6.45, 7) is 7.11. The van der Waals surface area contributed by atoms with E-state index in [0.29, 0.717) is 24.9 Å². The monoisotopic (exact) mass is 241 g/mol. The average molecular weight is 241 g/mol. The topological polar surface area (TPSA) is 38.3 Å². The quantitative estimate of drug-likeness (QED) is 0.550. The lowest BCUT2D eigenvalue weighted by molar-refractivity contribution is -0.145. The number of carbonyl (C=O) groups excluding carboxylic acids is 1. The molecule has 0 saturated carbocycles. The molecule has 1 saturated heterocycles. The van der Waals surface area contributed by atoms with Crippen LogP contribution in [-0.4, -0.2) is 25.7 Å². The van der Waals surface area contributed by atoms with Crippen molar-refractivity contribution < 1.29 is 9.53 Å². The summed E-state index contributed by atoms with van der Waals surface area (Å²) in [6, 6.07) is 0. The van der Waals surface area contributed by atoms with Crippen molar-refractivity contribution in [3.05, 3.63) is 0 Å². The van der Waals surface area contributed by atoms with Crippen LogP contribution in [0.3, 0.4) is 0 Å². The molecule has 0 aromatic heterocycles. The summed E-state index contributed by atoms with van der Waals surface area (Å²) in [5.74, 6) is 1.08. The van der Waals surface area contributed by atoms with Crippen LogP contribution in [0.1, 0.15) is 52.4 Å². The van der Waals surface area contributed by atoms with Crippen molar-refractivity contribution in [1.82, 2.24) is 5.32 Å². The molecular weight excluding hydrogens is 214 g/mol. The molecule has 1 fully saturated rings. The first-order valence-electron chi connectivity index (χ1n) is 7.10. The van der Waals surface area contributed by atoms with E-state index in [4.69, 9.17) is 4.74 Å². The van der Waals surface area contributed by atoms with E-state index < -0.39 is 0 Å². The van der Waals surface area contributed by atoms with Crippen molar-refractivity contribution in [2.75, 3.05) is 19.7 Å². The normalized spacial score (nSPS) is 22.1. The van der Waals surface area contributed by atoms with Gasteiger partial charge in [0.05, 0.1) is 6.61 Å². The number of carbonyl (C=O) groups is 1. The zero-order chi connectivity index (χ0) is 12.5. The minimum absolute atomic E-state index is 0.0147. The van der Waals surface area contributed by atoms with Crippen LogP contribution in [0.5, 0.6) is 0 Å². The number of hydrogen-bond acceptors (Lipinski definition) is 3. The molecule has 1 aliphatic heterocycles. The minimum atomic E-state index is -0.0147. The van der Waals surface area contributed by atoms with Crippen molar-refractivity contribution in [3.8, 4) is 0 Å². The van der Waals surface area contributed by atoms with Gasteiger partial charge < -0.3 is 10.1 Å². The van der Waals surface area contributed by atoms with E-state index in [1.54, 1.807) is 0 Å². The van der Waals surface area contributed by atoms with Gasteiger partial charge in [-0.3, -0.25) is 4.79 Å². The Balaban J connectivity index is 2.11. The Kier molecular flexibility index (Phi) is 7.25. The van der Waals surface area contributed by atoms with Gasteiger partial charge in [0, 0.05) is 6.42 Å². The first kappa shape index (κ1) is 14.5. The van der Waals surface area contributed by atoms with E-state index in [9.17, 15) is 4.79 Å². The van der Waals surface area contributed by atoms with E-state index in [1.807, 2.05) is 0 Å². The molecule has 100 valence electrons. The summed E-state index contributed by atoms with van der Waals surface area (Å²) < 4.78 is 5.25. The highest BCUT2D eigenvalue weighted by Crippen LogP contribution is 2.22. The summed E-state index contributed by atoms with van der Waals surface area (Å²) in [5, 5.41) is 3.40. The second-order valence-corrected chi connectivity index (χ2v) is 5.22. The average Bonchev–Trinajstić information content (AvgIpc) is 2.36. The summed E-state index contributed by atoms with van der Waals surface area (Å²) in [4.78, 5) is 11.6. The Bertz CT molecular complexity index is 212. The number of rotatable bonds is 7. The Morgan fingerprint density at radius 3 is 2.94 bits per heavy atom. The lowest BCUT2D eigenvalue weighted by Crippen LogP contribution is -2.34. The molecule has 0 radical (unpaired) electrons. The highest BCUT2D eigenvalue weighted by Gasteiger charge is 2.22. The number of nitrogens with one attached hydrogen (secondary N) is 1. The third-order valence-corrected chi connectivity index (χ3v) is 3.64. The number of hydrogen-bond donors (Lipinski definition) is 1. The van der Waals surface area contributed by atoms with Crippen LogP contribution in [0.15, 0.2) is 0 Å². The third kappa shape index (κ3) is 6.06. The van der Waals surface area contributed by atoms with Gasteiger partial charge in [-0.1, -0.05) is 26.7 Å². The van der Waals surface area contributed by atoms with E-state index in [0.717, 1.165) is 25.9 Å². The van der Waals surface area contributed by atoms with Crippen LogP contribution < -0.4 is 5.32 Å². The minimum Gasteiger partial charge on any atom is -0.466 e. The van der Waals surface area contributed by atoms with E-state index in [1.165, 1.54) is 19.3 Å². The number of unbranched alkanes of at least 4 members (excludes halogenated alkanes) is 2. The SMILES string of the molecule is CCCCCOC(=O)CC(C)C1CCCNC1. The second-order valence-electron chi connectivity index (χ2n) is 5.22. The molecule has 1 N–H and O–H groups in total. The molecule has 2 atom stereocenters. The third-order valence-electron chi connectivity index (χ3n) is 3.64. The summed E-state index contributed by atoms with van der Waals surface area (Å²) >= 11 is 0. The van der Waals surface area contributed by atoms with Gasteiger partial charge >= 0.3 is 5.97 Å². The molecular formula is C14H27NO2. The van der Waals surface area contributed by atoms with Crippen LogP contribution in [0.2, 0.25) is 0 Å². The molecule has 3 heteroatoms. The van der Waals surface area contributed by atoms with Crippen molar-refractivity contribution >= 4 is 5.97 Å². The fourth-order valence-electron chi connectivity index (χ4n) is 2.39. The fourth-order valence-corrected chi connectivity index (χ4v) is 2.39. The molecule has 2 unspecified atom stereocenters. The molecule has 17 heavy (non-hydrogen) atoms. The predicted molar refractivity (Wildman–Crippen MR) is 69.9 cm³/mol. The molecule has 0 bridgehead atoms. The zero-order valence-corrected chi connectivity index (χ0v) is 11.3.